The van der Waals surface area contributed by atoms with Crippen LogP contribution in [0.2, 0.25) is 0 Å². The van der Waals surface area contributed by atoms with E-state index in [1.165, 1.54) is 0 Å². The van der Waals surface area contributed by atoms with E-state index in [0.29, 0.717) is 6.42 Å². The minimum Gasteiger partial charge on any atom is -0.300 e. The summed E-state index contributed by atoms with van der Waals surface area (Å²) in [5.74, 6) is 0.207. The van der Waals surface area contributed by atoms with Crippen LogP contribution in [0.5, 0.6) is 0 Å². The fourth-order valence-corrected chi connectivity index (χ4v) is 2.21. The topological polar surface area (TPSA) is 42.9 Å². The van der Waals surface area contributed by atoms with Crippen molar-refractivity contribution < 1.29 is 4.79 Å². The second-order valence-corrected chi connectivity index (χ2v) is 4.44. The Morgan fingerprint density at radius 2 is 2.12 bits per heavy atom. The summed E-state index contributed by atoms with van der Waals surface area (Å²) < 4.78 is 0. The molecule has 0 spiro atoms. The molecule has 3 nitrogen and oxygen atoms in total. The zero-order valence-corrected chi connectivity index (χ0v) is 9.83. The van der Waals surface area contributed by atoms with Crippen molar-refractivity contribution in [1.29, 1.82) is 0 Å². The number of aromatic nitrogens is 2. The van der Waals surface area contributed by atoms with E-state index < -0.39 is 0 Å². The Kier molecular flexibility index (Phi) is 3.41. The highest BCUT2D eigenvalue weighted by Crippen LogP contribution is 2.23. The van der Waals surface area contributed by atoms with E-state index in [2.05, 4.69) is 9.97 Å². The van der Waals surface area contributed by atoms with Crippen molar-refractivity contribution in [1.82, 2.24) is 9.97 Å². The monoisotopic (exact) mass is 232 g/mol. The van der Waals surface area contributed by atoms with Gasteiger partial charge in [-0.2, -0.15) is 0 Å². The fourth-order valence-electron chi connectivity index (χ4n) is 1.35. The van der Waals surface area contributed by atoms with Crippen molar-refractivity contribution in [3.63, 3.8) is 0 Å². The number of rotatable bonds is 4. The quantitative estimate of drug-likeness (QED) is 0.814. The van der Waals surface area contributed by atoms with Gasteiger partial charge in [-0.1, -0.05) is 0 Å². The molecule has 0 amide bonds. The van der Waals surface area contributed by atoms with Crippen molar-refractivity contribution in [3.8, 4) is 10.6 Å². The maximum atomic E-state index is 10.9. The third kappa shape index (κ3) is 2.73. The van der Waals surface area contributed by atoms with Crippen LogP contribution in [0.4, 0.5) is 0 Å². The lowest BCUT2D eigenvalue weighted by Gasteiger charge is -1.94. The molecule has 0 aliphatic rings. The van der Waals surface area contributed by atoms with Crippen molar-refractivity contribution in [2.24, 2.45) is 0 Å². The maximum absolute atomic E-state index is 10.9. The van der Waals surface area contributed by atoms with E-state index >= 15 is 0 Å². The van der Waals surface area contributed by atoms with Crippen LogP contribution >= 0.6 is 11.3 Å². The van der Waals surface area contributed by atoms with E-state index in [-0.39, 0.29) is 5.78 Å². The molecule has 0 atom stereocenters. The summed E-state index contributed by atoms with van der Waals surface area (Å²) in [5.41, 5.74) is 2.07. The largest absolute Gasteiger partial charge is 0.300 e. The Labute approximate surface area is 98.2 Å². The summed E-state index contributed by atoms with van der Waals surface area (Å²) in [6.45, 7) is 1.61. The molecule has 0 aromatic carbocycles. The molecule has 16 heavy (non-hydrogen) atoms. The van der Waals surface area contributed by atoms with Crippen LogP contribution < -0.4 is 0 Å². The van der Waals surface area contributed by atoms with Crippen LogP contribution in [0.1, 0.15) is 19.0 Å². The minimum atomic E-state index is 0.207. The lowest BCUT2D eigenvalue weighted by atomic mass is 10.2. The molecule has 0 saturated heterocycles. The highest BCUT2D eigenvalue weighted by atomic mass is 32.1. The Morgan fingerprint density at radius 3 is 2.81 bits per heavy atom. The van der Waals surface area contributed by atoms with Crippen molar-refractivity contribution >= 4 is 17.1 Å². The predicted molar refractivity (Wildman–Crippen MR) is 64.3 cm³/mol. The van der Waals surface area contributed by atoms with Crippen LogP contribution in [-0.2, 0) is 11.2 Å². The van der Waals surface area contributed by atoms with Crippen molar-refractivity contribution in [3.05, 3.63) is 35.6 Å². The van der Waals surface area contributed by atoms with Crippen LogP contribution in [0.3, 0.4) is 0 Å². The minimum absolute atomic E-state index is 0.207. The zero-order valence-electron chi connectivity index (χ0n) is 9.01. The molecule has 2 aromatic rings. The molecule has 0 saturated carbocycles. The average Bonchev–Trinajstić information content (AvgIpc) is 2.76. The van der Waals surface area contributed by atoms with Gasteiger partial charge in [-0.25, -0.2) is 4.98 Å². The van der Waals surface area contributed by atoms with Gasteiger partial charge in [0.2, 0.25) is 0 Å². The lowest BCUT2D eigenvalue weighted by molar-refractivity contribution is -0.116. The first-order valence-electron chi connectivity index (χ1n) is 5.10. The standard InChI is InChI=1S/C12H12N2OS/c1-9(15)2-3-11-8-16-12(14-11)10-4-6-13-7-5-10/h4-8H,2-3H2,1H3. The molecular weight excluding hydrogens is 220 g/mol. The van der Waals surface area contributed by atoms with Gasteiger partial charge in [-0.15, -0.1) is 11.3 Å². The Balaban J connectivity index is 2.11. The van der Waals surface area contributed by atoms with Gasteiger partial charge < -0.3 is 4.79 Å². The van der Waals surface area contributed by atoms with Crippen LogP contribution in [0, 0.1) is 0 Å². The molecule has 2 rings (SSSR count). The summed E-state index contributed by atoms with van der Waals surface area (Å²) in [6, 6.07) is 3.88. The van der Waals surface area contributed by atoms with Gasteiger partial charge in [-0.3, -0.25) is 4.98 Å². The predicted octanol–water partition coefficient (Wildman–Crippen LogP) is 2.73. The molecule has 0 radical (unpaired) electrons. The molecule has 0 N–H and O–H groups in total. The van der Waals surface area contributed by atoms with Gasteiger partial charge in [0.15, 0.2) is 0 Å². The number of ketones is 1. The highest BCUT2D eigenvalue weighted by molar-refractivity contribution is 7.13. The number of carbonyl (C=O) groups is 1. The Morgan fingerprint density at radius 1 is 1.38 bits per heavy atom. The van der Waals surface area contributed by atoms with Crippen molar-refractivity contribution in [2.45, 2.75) is 19.8 Å². The van der Waals surface area contributed by atoms with Gasteiger partial charge >= 0.3 is 0 Å². The molecule has 0 aliphatic carbocycles. The number of thiazole rings is 1. The van der Waals surface area contributed by atoms with E-state index in [1.54, 1.807) is 30.7 Å². The smallest absolute Gasteiger partial charge is 0.130 e. The van der Waals surface area contributed by atoms with E-state index in [9.17, 15) is 4.79 Å². The normalized spacial score (nSPS) is 10.3. The van der Waals surface area contributed by atoms with Crippen LogP contribution in [0.15, 0.2) is 29.9 Å². The van der Waals surface area contributed by atoms with Gasteiger partial charge in [0, 0.05) is 29.8 Å². The number of hydrogen-bond acceptors (Lipinski definition) is 4. The van der Waals surface area contributed by atoms with Gasteiger partial charge in [0.05, 0.1) is 5.69 Å². The molecule has 0 aliphatic heterocycles. The summed E-state index contributed by atoms with van der Waals surface area (Å²) in [6.07, 6.45) is 4.81. The fraction of sp³-hybridized carbons (Fsp3) is 0.250. The van der Waals surface area contributed by atoms with E-state index in [4.69, 9.17) is 0 Å². The number of hydrogen-bond donors (Lipinski definition) is 0. The first-order valence-corrected chi connectivity index (χ1v) is 5.98. The second kappa shape index (κ2) is 4.99. The van der Waals surface area contributed by atoms with Crippen LogP contribution in [0.25, 0.3) is 10.6 Å². The summed E-state index contributed by atoms with van der Waals surface area (Å²) in [4.78, 5) is 19.3. The van der Waals surface area contributed by atoms with Gasteiger partial charge in [0.1, 0.15) is 10.8 Å². The number of carbonyl (C=O) groups excluding carboxylic acids is 1. The molecule has 0 unspecified atom stereocenters. The third-order valence-electron chi connectivity index (χ3n) is 2.21. The maximum Gasteiger partial charge on any atom is 0.130 e. The van der Waals surface area contributed by atoms with E-state index in [1.807, 2.05) is 17.5 Å². The highest BCUT2D eigenvalue weighted by Gasteiger charge is 2.05. The van der Waals surface area contributed by atoms with Crippen LogP contribution in [-0.4, -0.2) is 15.8 Å². The average molecular weight is 232 g/mol. The first-order chi connectivity index (χ1) is 7.75. The Bertz CT molecular complexity index is 479. The molecule has 0 bridgehead atoms. The molecular formula is C12H12N2OS. The molecule has 82 valence electrons. The molecule has 4 heteroatoms. The summed E-state index contributed by atoms with van der Waals surface area (Å²) in [7, 11) is 0. The third-order valence-corrected chi connectivity index (χ3v) is 3.15. The number of pyridine rings is 1. The molecule has 2 heterocycles. The number of nitrogens with zero attached hydrogens (tertiary/aromatic N) is 2. The van der Waals surface area contributed by atoms with E-state index in [0.717, 1.165) is 22.7 Å². The lowest BCUT2D eigenvalue weighted by Crippen LogP contribution is -1.94. The number of aryl methyl sites for hydroxylation is 1. The van der Waals surface area contributed by atoms with Gasteiger partial charge in [-0.05, 0) is 25.5 Å². The first kappa shape index (κ1) is 11.0. The summed E-state index contributed by atoms with van der Waals surface area (Å²) >= 11 is 1.60. The van der Waals surface area contributed by atoms with Gasteiger partial charge in [0.25, 0.3) is 0 Å². The number of Topliss-reactive ketones (excluding diaryl/α,β-unsaturated/α-hetero) is 1. The molecule has 0 fully saturated rings. The zero-order chi connectivity index (χ0) is 11.4. The van der Waals surface area contributed by atoms with Crippen molar-refractivity contribution in [2.75, 3.05) is 0 Å². The molecule has 2 aromatic heterocycles. The second-order valence-electron chi connectivity index (χ2n) is 3.58. The Hall–Kier alpha value is -1.55. The SMILES string of the molecule is CC(=O)CCc1csc(-c2ccncc2)n1. The summed E-state index contributed by atoms with van der Waals surface area (Å²) in [5, 5.41) is 3.00.